The molecule has 16 aromatic rings. The highest BCUT2D eigenvalue weighted by atomic mass is 16.5. The summed E-state index contributed by atoms with van der Waals surface area (Å²) in [6, 6.07) is 91.7. The van der Waals surface area contributed by atoms with Gasteiger partial charge in [-0.15, -0.1) is 0 Å². The number of rotatable bonds is 29. The van der Waals surface area contributed by atoms with Crippen molar-refractivity contribution in [2.45, 2.75) is 79.9 Å². The van der Waals surface area contributed by atoms with Crippen LogP contribution < -0.4 is 0 Å². The van der Waals surface area contributed by atoms with Crippen LogP contribution in [0.2, 0.25) is 0 Å². The summed E-state index contributed by atoms with van der Waals surface area (Å²) in [5, 5.41) is 3.19. The third-order valence-electron chi connectivity index (χ3n) is 18.7. The minimum absolute atomic E-state index is 0.156. The van der Waals surface area contributed by atoms with Crippen molar-refractivity contribution in [2.75, 3.05) is 0 Å². The molecule has 0 saturated heterocycles. The molecule has 0 aliphatic rings. The van der Waals surface area contributed by atoms with Crippen molar-refractivity contribution < 1.29 is 38.0 Å². The number of benzene rings is 4. The van der Waals surface area contributed by atoms with Gasteiger partial charge in [0.2, 0.25) is 0 Å². The molecule has 20 nitrogen and oxygen atoms in total. The predicted molar refractivity (Wildman–Crippen MR) is 433 cm³/mol. The molecule has 0 saturated carbocycles. The van der Waals surface area contributed by atoms with Crippen LogP contribution in [0.5, 0.6) is 0 Å². The van der Waals surface area contributed by atoms with Crippen LogP contribution in [0.4, 0.5) is 0 Å². The highest BCUT2D eigenvalue weighted by Gasteiger charge is 2.26. The van der Waals surface area contributed by atoms with Crippen LogP contribution in [0.3, 0.4) is 0 Å². The SMILES string of the molecule is Cc1cccc(-c2cccc(COCc3cccc(-c4cccc(COCc5cccc(-c6cccc(COC(=O)c7ccc8ccccc8c7-c7c(C(=O)OCc8cccc(-c9cccc(COCc%10cccc(-c%11cccc(COCc%12cccc(-c%13cccc(C)n%13)n%12)n%11)n%10)n9)n8)ccc8ccccc78)n6)n5)n4)n3)n2)n1. The maximum atomic E-state index is 14.8. The van der Waals surface area contributed by atoms with Crippen LogP contribution in [0.25, 0.3) is 101 Å². The predicted octanol–water partition coefficient (Wildman–Crippen LogP) is 18.6. The largest absolute Gasteiger partial charge is 0.456 e. The van der Waals surface area contributed by atoms with E-state index in [0.29, 0.717) is 106 Å². The van der Waals surface area contributed by atoms with Gasteiger partial charge >= 0.3 is 11.9 Å². The van der Waals surface area contributed by atoms with E-state index >= 15 is 0 Å². The third-order valence-corrected chi connectivity index (χ3v) is 18.7. The molecule has 0 atom stereocenters. The first-order valence-electron chi connectivity index (χ1n) is 37.3. The Bertz CT molecular complexity index is 5810. The van der Waals surface area contributed by atoms with Gasteiger partial charge in [0.15, 0.2) is 0 Å². The Morgan fingerprint density at radius 1 is 0.211 bits per heavy atom. The van der Waals surface area contributed by atoms with Gasteiger partial charge in [0.05, 0.1) is 189 Å². The van der Waals surface area contributed by atoms with Crippen LogP contribution in [-0.4, -0.2) is 71.7 Å². The van der Waals surface area contributed by atoms with Crippen molar-refractivity contribution >= 4 is 33.5 Å². The topological polar surface area (TPSA) is 244 Å². The molecule has 0 spiro atoms. The minimum atomic E-state index is -0.610. The molecule has 0 amide bonds. The molecule has 16 rings (SSSR count). The highest BCUT2D eigenvalue weighted by molar-refractivity contribution is 6.17. The number of aromatic nitrogens is 12. The van der Waals surface area contributed by atoms with Crippen LogP contribution in [-0.2, 0) is 94.5 Å². The van der Waals surface area contributed by atoms with Gasteiger partial charge < -0.3 is 28.4 Å². The van der Waals surface area contributed by atoms with Gasteiger partial charge in [-0.05, 0) is 193 Å². The van der Waals surface area contributed by atoms with Crippen LogP contribution in [0, 0.1) is 13.8 Å². The van der Waals surface area contributed by atoms with Gasteiger partial charge in [0.25, 0.3) is 0 Å². The van der Waals surface area contributed by atoms with E-state index in [4.69, 9.17) is 78.3 Å². The zero-order valence-corrected chi connectivity index (χ0v) is 62.4. The number of pyridine rings is 12. The molecule has 0 unspecified atom stereocenters. The number of hydrogen-bond acceptors (Lipinski definition) is 20. The second-order valence-corrected chi connectivity index (χ2v) is 27.0. The second kappa shape index (κ2) is 35.3. The first-order valence-corrected chi connectivity index (χ1v) is 37.3. The van der Waals surface area contributed by atoms with Crippen LogP contribution >= 0.6 is 0 Å². The maximum absolute atomic E-state index is 14.8. The van der Waals surface area contributed by atoms with E-state index in [9.17, 15) is 9.59 Å². The van der Waals surface area contributed by atoms with E-state index < -0.39 is 11.9 Å². The molecular weight excluding hydrogens is 1430 g/mol. The van der Waals surface area contributed by atoms with Gasteiger partial charge in [-0.3, -0.25) is 9.97 Å². The zero-order valence-electron chi connectivity index (χ0n) is 62.4. The first kappa shape index (κ1) is 74.1. The molecule has 0 fully saturated rings. The molecule has 12 heterocycles. The van der Waals surface area contributed by atoms with Crippen molar-refractivity contribution in [1.29, 1.82) is 0 Å². The fourth-order valence-electron chi connectivity index (χ4n) is 13.3. The Labute approximate surface area is 657 Å². The lowest BCUT2D eigenvalue weighted by Gasteiger charge is -2.18. The van der Waals surface area contributed by atoms with Crippen molar-refractivity contribution in [3.05, 3.63) is 371 Å². The zero-order chi connectivity index (χ0) is 77.4. The summed E-state index contributed by atoms with van der Waals surface area (Å²) in [6.07, 6.45) is 0. The summed E-state index contributed by atoms with van der Waals surface area (Å²) in [4.78, 5) is 87.5. The van der Waals surface area contributed by atoms with E-state index in [2.05, 4.69) is 9.97 Å². The monoisotopic (exact) mass is 1500 g/mol. The van der Waals surface area contributed by atoms with E-state index in [-0.39, 0.29) is 50.8 Å². The summed E-state index contributed by atoms with van der Waals surface area (Å²) in [7, 11) is 0. The van der Waals surface area contributed by atoms with Gasteiger partial charge in [-0.2, -0.15) is 0 Å². The third kappa shape index (κ3) is 18.4. The minimum Gasteiger partial charge on any atom is -0.456 e. The smallest absolute Gasteiger partial charge is 0.339 e. The lowest BCUT2D eigenvalue weighted by molar-refractivity contribution is 0.0457. The van der Waals surface area contributed by atoms with Gasteiger partial charge in [-0.1, -0.05) is 133 Å². The molecule has 12 aromatic heterocycles. The average molecular weight is 1500 g/mol. The Kier molecular flexibility index (Phi) is 23.0. The quantitative estimate of drug-likeness (QED) is 0.0395. The summed E-state index contributed by atoms with van der Waals surface area (Å²) >= 11 is 0. The summed E-state index contributed by atoms with van der Waals surface area (Å²) in [6.45, 7) is 5.72. The highest BCUT2D eigenvalue weighted by Crippen LogP contribution is 2.41. The van der Waals surface area contributed by atoms with E-state index in [1.54, 1.807) is 24.3 Å². The standard InChI is InChI=1S/C94H74N12O8/c1-61-19-7-35-79(95-61)81-37-9-23-65(97-81)51-109-53-67-25-11-39-83(99-67)85-41-13-27-69(101-85)55-111-57-71-29-15-43-87(103-71)89-45-17-31-73(105-89)59-113-93(107)77-49-47-63-21-3-5-33-75(63)91(77)92-76-34-6-4-22-64(76)48-50-78(92)94(108)114-60-74-32-18-46-90(106-74)88-44-16-30-72(104-88)58-112-56-70-28-14-42-86(102-70)84-40-12-26-68(100-84)54-110-52-66-24-10-38-82(98-66)80-36-8-20-62(2)96-80/h3-50H,51-60H2,1-2H3. The lowest BCUT2D eigenvalue weighted by Crippen LogP contribution is -2.12. The Hall–Kier alpha value is -14.0. The van der Waals surface area contributed by atoms with Crippen molar-refractivity contribution in [1.82, 2.24) is 59.8 Å². The molecule has 0 bridgehead atoms. The fraction of sp³-hybridized carbons (Fsp3) is 0.128. The van der Waals surface area contributed by atoms with Gasteiger partial charge in [0, 0.05) is 22.5 Å². The number of hydrogen-bond donors (Lipinski definition) is 0. The number of aryl methyl sites for hydroxylation is 2. The molecule has 558 valence electrons. The van der Waals surface area contributed by atoms with Crippen LogP contribution in [0.1, 0.15) is 89.0 Å². The summed E-state index contributed by atoms with van der Waals surface area (Å²) in [5.74, 6) is -1.22. The Balaban J connectivity index is 0.537. The molecule has 0 N–H and O–H groups in total. The van der Waals surface area contributed by atoms with Crippen molar-refractivity contribution in [3.63, 3.8) is 0 Å². The van der Waals surface area contributed by atoms with E-state index in [0.717, 1.165) is 89.9 Å². The van der Waals surface area contributed by atoms with Gasteiger partial charge in [-0.25, -0.2) is 59.4 Å². The van der Waals surface area contributed by atoms with E-state index in [1.807, 2.05) is 281 Å². The Morgan fingerprint density at radius 3 is 0.640 bits per heavy atom. The summed E-state index contributed by atoms with van der Waals surface area (Å²) in [5.41, 5.74) is 18.8. The number of ether oxygens (including phenoxy) is 6. The number of carbonyl (C=O) groups excluding carboxylic acids is 2. The molecule has 20 heteroatoms. The maximum Gasteiger partial charge on any atom is 0.339 e. The molecular formula is C94H74N12O8. The molecule has 0 aliphatic heterocycles. The normalized spacial score (nSPS) is 11.3. The number of esters is 2. The first-order chi connectivity index (χ1) is 56.1. The Morgan fingerprint density at radius 2 is 0.412 bits per heavy atom. The van der Waals surface area contributed by atoms with Crippen molar-refractivity contribution in [3.8, 4) is 79.5 Å². The molecule has 0 aliphatic carbocycles. The average Bonchev–Trinajstić information content (AvgIpc) is 0.744. The van der Waals surface area contributed by atoms with Gasteiger partial charge in [0.1, 0.15) is 13.2 Å². The fourth-order valence-corrected chi connectivity index (χ4v) is 13.3. The second-order valence-electron chi connectivity index (χ2n) is 27.0. The van der Waals surface area contributed by atoms with Crippen LogP contribution in [0.15, 0.2) is 291 Å². The van der Waals surface area contributed by atoms with Crippen molar-refractivity contribution in [2.24, 2.45) is 0 Å². The number of carbonyl (C=O) groups is 2. The lowest BCUT2D eigenvalue weighted by atomic mass is 9.87. The number of nitrogens with zero attached hydrogens (tertiary/aromatic N) is 12. The molecule has 4 aromatic carbocycles. The molecule has 114 heavy (non-hydrogen) atoms. The summed E-state index contributed by atoms with van der Waals surface area (Å²) < 4.78 is 36.9. The number of fused-ring (bicyclic) bond motifs is 2. The molecule has 0 radical (unpaired) electrons. The van der Waals surface area contributed by atoms with E-state index in [1.165, 1.54) is 0 Å².